The number of nitrogens with one attached hydrogen (secondary N) is 2. The number of imidazole rings is 6. The van der Waals surface area contributed by atoms with Crippen molar-refractivity contribution in [3.63, 3.8) is 0 Å². The molecule has 17 rings (SSSR count). The standard InChI is InChI=1S/C20H15ClFN7O.C14H14N4O2.C12H10N4O2.C8H7ClFN3.C8H7ClN2.C6H8N2O2.C5H6N2.C3H4Cl2O.ClH.Li.2H2O/c21-15-4-6-28-12-24-16(19(28)18(15)22)8-23-20(30)13-7-25-29(9-13)11-14-10-27-5-2-1-3-17(27)26-14;1-2-20-14(19)11-7-15-18(8-11)10-12-9-17-6-4-3-5-13(17)16-12;17-12(18)9-5-13-16(6-9)8-10-7-15-4-2-1-3-11(15)14-10;9-5-1-2-13-4-12-6(3-11)8(13)7(5)10;9-5-7-6-11-4-2-1-3-8(11)10-7;1-2-10-6(9)5-3-7-8-4-5;6-5-3-1-2-4-7-5;4-1-3(6)2-5;;;;/h1-7,9-10,12H,8,11H2,(H,23,30);3-9H,2,10H2,1H3;1-7H,8H2,(H,17,18);1-2,4H,3,11H2;1-4,6H,5H2;3-4H,2H2,1H3,(H,7,8);1-4H,(H2,6,7);1-2H2;1H;;2*1H2/q;;;;;;;;;+1;;/p-1. The number of aromatic amines is 1. The number of hydrogen-bond donors (Lipinski definition) is 5. The monoisotopic (exact) mass is 1740 g/mol. The molecule has 1 amide bonds. The molecule has 0 fully saturated rings. The normalized spacial score (nSPS) is 10.2. The molecule has 17 heterocycles. The van der Waals surface area contributed by atoms with E-state index in [0.717, 1.165) is 45.4 Å². The van der Waals surface area contributed by atoms with Crippen molar-refractivity contribution in [2.75, 3.05) is 30.7 Å². The van der Waals surface area contributed by atoms with Crippen molar-refractivity contribution in [2.24, 2.45) is 5.73 Å². The third kappa shape index (κ3) is 27.1. The molecule has 17 aromatic rings. The number of amides is 1. The maximum Gasteiger partial charge on any atom is 1.00 e. The van der Waals surface area contributed by atoms with Crippen LogP contribution in [0, 0.1) is 11.6 Å². The molecular formula is C76H75Cl6F2LiN24O10. The third-order valence-electron chi connectivity index (χ3n) is 15.6. The number of aromatic nitrogens is 21. The van der Waals surface area contributed by atoms with E-state index in [-0.39, 0.29) is 112 Å². The summed E-state index contributed by atoms with van der Waals surface area (Å²) in [6.45, 7) is 5.95. The van der Waals surface area contributed by atoms with E-state index in [4.69, 9.17) is 79.3 Å². The minimum atomic E-state index is -0.976. The molecule has 0 atom stereocenters. The minimum absolute atomic E-state index is 0. The number of nitrogens with two attached hydrogens (primary N) is 2. The van der Waals surface area contributed by atoms with Crippen LogP contribution in [0.4, 0.5) is 14.6 Å². The summed E-state index contributed by atoms with van der Waals surface area (Å²) in [6, 6.07) is 31.6. The fraction of sp³-hybridized carbons (Fsp3) is 0.158. The number of Topliss-reactive ketones (excluding diaryl/α,β-unsaturated/α-hetero) is 1. The van der Waals surface area contributed by atoms with E-state index in [0.29, 0.717) is 78.1 Å². The number of carboxylic acids is 1. The van der Waals surface area contributed by atoms with Gasteiger partial charge in [0.25, 0.3) is 5.91 Å². The SMILES string of the molecule is CCOC(=O)c1cn[nH]c1.CCOC(=O)c1cnn(Cc2cn3ccccc3n2)c1.Cl.ClCc1cn2ccccc2n1.NCc1ncn2ccc(Cl)c(F)c12.Nc1ccccn1.O.O=C(CCl)CCl.O=C(NCc1ncn2ccc(Cl)c(F)c12)c1cnn(Cc2cn3ccccc3n2)c1.O=C(O)c1cnn(Cc2cn3ccccc3n2)c1.[Li+].[OH-]. The molecule has 0 aliphatic carbocycles. The molecule has 0 unspecified atom stereocenters. The molecule has 616 valence electrons. The van der Waals surface area contributed by atoms with Crippen LogP contribution in [0.1, 0.15) is 89.4 Å². The number of carbonyl (C=O) groups excluding carboxylic acids is 4. The van der Waals surface area contributed by atoms with Crippen LogP contribution < -0.4 is 35.6 Å². The average molecular weight is 1740 g/mol. The van der Waals surface area contributed by atoms with Gasteiger partial charge < -0.3 is 68.7 Å². The van der Waals surface area contributed by atoms with Gasteiger partial charge in [-0.25, -0.2) is 58.1 Å². The molecule has 0 aliphatic rings. The fourth-order valence-electron chi connectivity index (χ4n) is 10.3. The Morgan fingerprint density at radius 3 is 1.31 bits per heavy atom. The summed E-state index contributed by atoms with van der Waals surface area (Å²) >= 11 is 27.1. The number of aromatic carboxylic acids is 1. The number of hydrogen-bond acceptors (Lipinski definition) is 21. The predicted octanol–water partition coefficient (Wildman–Crippen LogP) is 8.35. The first-order valence-corrected chi connectivity index (χ1v) is 36.9. The van der Waals surface area contributed by atoms with Gasteiger partial charge in [-0.15, -0.1) is 47.2 Å². The summed E-state index contributed by atoms with van der Waals surface area (Å²) in [4.78, 5) is 85.1. The predicted molar refractivity (Wildman–Crippen MR) is 439 cm³/mol. The van der Waals surface area contributed by atoms with E-state index in [2.05, 4.69) is 70.4 Å². The Morgan fingerprint density at radius 2 is 0.933 bits per heavy atom. The van der Waals surface area contributed by atoms with Crippen molar-refractivity contribution in [1.82, 2.24) is 106 Å². The van der Waals surface area contributed by atoms with Gasteiger partial charge in [-0.1, -0.05) is 53.5 Å². The number of carbonyl (C=O) groups is 5. The number of halogens is 8. The van der Waals surface area contributed by atoms with Gasteiger partial charge in [0, 0.05) is 99.5 Å². The molecule has 0 bridgehead atoms. The Bertz CT molecular complexity index is 5920. The molecule has 0 spiro atoms. The molecule has 0 radical (unpaired) electrons. The summed E-state index contributed by atoms with van der Waals surface area (Å²) in [5.74, 6) is -2.06. The third-order valence-corrected chi connectivity index (χ3v) is 17.1. The fourth-order valence-corrected chi connectivity index (χ4v) is 11.0. The van der Waals surface area contributed by atoms with Crippen LogP contribution in [-0.4, -0.2) is 171 Å². The Hall–Kier alpha value is -12.4. The van der Waals surface area contributed by atoms with Crippen molar-refractivity contribution in [3.05, 3.63) is 312 Å². The maximum atomic E-state index is 14.3. The molecule has 17 aromatic heterocycles. The first-order chi connectivity index (χ1) is 55.7. The van der Waals surface area contributed by atoms with E-state index < -0.39 is 17.6 Å². The number of pyridine rings is 7. The summed E-state index contributed by atoms with van der Waals surface area (Å²) in [6.07, 6.45) is 35.4. The van der Waals surface area contributed by atoms with E-state index in [1.54, 1.807) is 69.3 Å². The number of nitrogens with zero attached hydrogens (tertiary/aromatic N) is 20. The zero-order valence-electron chi connectivity index (χ0n) is 63.4. The van der Waals surface area contributed by atoms with Crippen LogP contribution in [0.5, 0.6) is 0 Å². The van der Waals surface area contributed by atoms with Crippen molar-refractivity contribution < 1.29 is 77.1 Å². The number of ether oxygens (including phenoxy) is 2. The number of rotatable bonds is 18. The molecular weight excluding hydrogens is 1670 g/mol. The quantitative estimate of drug-likeness (QED) is 0.0306. The topological polar surface area (TPSA) is 448 Å². The van der Waals surface area contributed by atoms with Gasteiger partial charge in [0.05, 0.1) is 161 Å². The summed E-state index contributed by atoms with van der Waals surface area (Å²) in [5.41, 5.74) is 20.6. The molecule has 0 saturated carbocycles. The van der Waals surface area contributed by atoms with E-state index in [9.17, 15) is 32.8 Å². The van der Waals surface area contributed by atoms with E-state index in [1.165, 1.54) is 66.4 Å². The average Bonchev–Trinajstić information content (AvgIpc) is 1.66. The smallest absolute Gasteiger partial charge is 0.870 e. The first kappa shape index (κ1) is 95.4. The van der Waals surface area contributed by atoms with Crippen LogP contribution >= 0.6 is 70.4 Å². The molecule has 34 nitrogen and oxygen atoms in total. The summed E-state index contributed by atoms with van der Waals surface area (Å²) < 4.78 is 53.0. The molecule has 119 heavy (non-hydrogen) atoms. The van der Waals surface area contributed by atoms with Crippen LogP contribution in [0.25, 0.3) is 33.6 Å². The van der Waals surface area contributed by atoms with Gasteiger partial charge in [-0.3, -0.25) is 28.7 Å². The van der Waals surface area contributed by atoms with Gasteiger partial charge in [-0.2, -0.15) is 20.4 Å². The maximum absolute atomic E-state index is 14.3. The van der Waals surface area contributed by atoms with Crippen molar-refractivity contribution in [3.8, 4) is 0 Å². The van der Waals surface area contributed by atoms with Gasteiger partial charge in [0.2, 0.25) is 0 Å². The van der Waals surface area contributed by atoms with Crippen LogP contribution in [-0.2, 0) is 52.9 Å². The summed E-state index contributed by atoms with van der Waals surface area (Å²) in [5, 5.41) is 30.1. The molecule has 0 saturated heterocycles. The molecule has 10 N–H and O–H groups in total. The largest absolute Gasteiger partial charge is 1.00 e. The van der Waals surface area contributed by atoms with Crippen LogP contribution in [0.2, 0.25) is 10.0 Å². The second kappa shape index (κ2) is 47.7. The summed E-state index contributed by atoms with van der Waals surface area (Å²) in [7, 11) is 0. The Balaban J connectivity index is 0.000000220. The Labute approximate surface area is 718 Å². The molecule has 0 aliphatic heterocycles. The zero-order chi connectivity index (χ0) is 81.8. The molecule has 43 heteroatoms. The number of nitrogen functional groups attached to an aromatic ring is 1. The number of carboxylic acid groups (broad SMARTS) is 1. The van der Waals surface area contributed by atoms with Crippen molar-refractivity contribution in [1.29, 1.82) is 0 Å². The van der Waals surface area contributed by atoms with Crippen LogP contribution in [0.15, 0.2) is 234 Å². The van der Waals surface area contributed by atoms with Gasteiger partial charge >= 0.3 is 36.8 Å². The number of alkyl halides is 3. The van der Waals surface area contributed by atoms with E-state index >= 15 is 0 Å². The van der Waals surface area contributed by atoms with Gasteiger partial charge in [0.1, 0.15) is 39.4 Å². The number of anilines is 1. The van der Waals surface area contributed by atoms with E-state index in [1.807, 2.05) is 152 Å². The van der Waals surface area contributed by atoms with Gasteiger partial charge in [-0.05, 0) is 86.6 Å². The number of H-pyrrole nitrogens is 1. The number of ketones is 1. The molecule has 0 aromatic carbocycles. The van der Waals surface area contributed by atoms with Crippen molar-refractivity contribution >= 4 is 139 Å². The van der Waals surface area contributed by atoms with Gasteiger partial charge in [0.15, 0.2) is 17.4 Å². The number of esters is 2. The number of fused-ring (bicyclic) bond motifs is 6. The Kier molecular flexibility index (Phi) is 38.2. The second-order valence-electron chi connectivity index (χ2n) is 23.7. The zero-order valence-corrected chi connectivity index (χ0v) is 68.0. The minimum Gasteiger partial charge on any atom is -0.870 e. The first-order valence-electron chi connectivity index (χ1n) is 34.5. The van der Waals surface area contributed by atoms with Crippen LogP contribution in [0.3, 0.4) is 0 Å². The Morgan fingerprint density at radius 1 is 0.521 bits per heavy atom. The van der Waals surface area contributed by atoms with Crippen molar-refractivity contribution in [2.45, 2.75) is 52.5 Å². The second-order valence-corrected chi connectivity index (χ2v) is 25.4.